The van der Waals surface area contributed by atoms with E-state index in [1.165, 1.54) is 0 Å². The lowest BCUT2D eigenvalue weighted by atomic mass is 10.1. The van der Waals surface area contributed by atoms with E-state index in [0.29, 0.717) is 18.3 Å². The topological polar surface area (TPSA) is 104 Å². The zero-order valence-corrected chi connectivity index (χ0v) is 13.3. The van der Waals surface area contributed by atoms with Crippen molar-refractivity contribution in [3.63, 3.8) is 0 Å². The number of halogens is 5. The third-order valence-electron chi connectivity index (χ3n) is 3.11. The van der Waals surface area contributed by atoms with Gasteiger partial charge in [-0.3, -0.25) is 9.63 Å². The van der Waals surface area contributed by atoms with Gasteiger partial charge in [0.1, 0.15) is 18.5 Å². The molecule has 1 amide bonds. The van der Waals surface area contributed by atoms with E-state index in [0.717, 1.165) is 0 Å². The minimum Gasteiger partial charge on any atom is -0.394 e. The van der Waals surface area contributed by atoms with Gasteiger partial charge in [-0.25, -0.2) is 32.4 Å². The first-order valence-electron chi connectivity index (χ1n) is 7.21. The van der Waals surface area contributed by atoms with Crippen LogP contribution in [0.1, 0.15) is 10.4 Å². The van der Waals surface area contributed by atoms with Crippen LogP contribution in [0.15, 0.2) is 18.3 Å². The third kappa shape index (κ3) is 4.87. The van der Waals surface area contributed by atoms with Gasteiger partial charge < -0.3 is 15.5 Å². The highest BCUT2D eigenvalue weighted by Gasteiger charge is 2.24. The average Bonchev–Trinajstić information content (AvgIpc) is 2.63. The van der Waals surface area contributed by atoms with Crippen LogP contribution >= 0.6 is 0 Å². The quantitative estimate of drug-likeness (QED) is 0.323. The highest BCUT2D eigenvalue weighted by atomic mass is 19.2. The number of pyridine rings is 1. The first-order chi connectivity index (χ1) is 12.7. The lowest BCUT2D eigenvalue weighted by Gasteiger charge is -2.14. The van der Waals surface area contributed by atoms with E-state index in [4.69, 9.17) is 10.2 Å². The number of hydrogen-bond donors (Lipinski definition) is 4. The molecule has 0 aliphatic heterocycles. The third-order valence-corrected chi connectivity index (χ3v) is 3.11. The molecule has 4 N–H and O–H groups in total. The largest absolute Gasteiger partial charge is 0.394 e. The van der Waals surface area contributed by atoms with Gasteiger partial charge in [-0.1, -0.05) is 0 Å². The fraction of sp³-hybridized carbons (Fsp3) is 0.200. The normalized spacial score (nSPS) is 12.0. The highest BCUT2D eigenvalue weighted by molar-refractivity contribution is 5.99. The molecule has 27 heavy (non-hydrogen) atoms. The van der Waals surface area contributed by atoms with Crippen molar-refractivity contribution >= 4 is 17.4 Å². The minimum atomic E-state index is -1.95. The number of rotatable bonds is 7. The number of aliphatic hydroxyl groups is 2. The summed E-state index contributed by atoms with van der Waals surface area (Å²) >= 11 is 0. The number of hydroxylamine groups is 1. The number of hydrogen-bond acceptors (Lipinski definition) is 6. The molecule has 1 atom stereocenters. The van der Waals surface area contributed by atoms with Crippen LogP contribution in [0.4, 0.5) is 33.5 Å². The Morgan fingerprint density at radius 3 is 2.48 bits per heavy atom. The van der Waals surface area contributed by atoms with Gasteiger partial charge in [-0.15, -0.1) is 0 Å². The zero-order valence-electron chi connectivity index (χ0n) is 13.3. The summed E-state index contributed by atoms with van der Waals surface area (Å²) in [6, 6.07) is 0.704. The Kier molecular flexibility index (Phi) is 6.60. The van der Waals surface area contributed by atoms with Crippen LogP contribution in [-0.4, -0.2) is 40.4 Å². The summed E-state index contributed by atoms with van der Waals surface area (Å²) in [5.41, 5.74) is -0.120. The molecule has 1 aromatic heterocycles. The van der Waals surface area contributed by atoms with Crippen LogP contribution in [0.2, 0.25) is 0 Å². The Balaban J connectivity index is 2.34. The maximum atomic E-state index is 14.1. The number of amides is 1. The number of carbonyl (C=O) groups excluding carboxylic acids is 1. The molecular formula is C15H12F5N3O4. The molecule has 0 aliphatic carbocycles. The van der Waals surface area contributed by atoms with Crippen molar-refractivity contribution in [1.29, 1.82) is 0 Å². The molecule has 7 nitrogen and oxygen atoms in total. The van der Waals surface area contributed by atoms with Crippen LogP contribution in [0.25, 0.3) is 0 Å². The summed E-state index contributed by atoms with van der Waals surface area (Å²) in [6.07, 6.45) is -0.774. The van der Waals surface area contributed by atoms with E-state index in [1.807, 2.05) is 5.32 Å². The highest BCUT2D eigenvalue weighted by Crippen LogP contribution is 2.28. The van der Waals surface area contributed by atoms with Crippen molar-refractivity contribution in [2.45, 2.75) is 6.10 Å². The Morgan fingerprint density at radius 2 is 1.85 bits per heavy atom. The van der Waals surface area contributed by atoms with E-state index in [-0.39, 0.29) is 0 Å². The summed E-state index contributed by atoms with van der Waals surface area (Å²) in [4.78, 5) is 19.9. The van der Waals surface area contributed by atoms with Gasteiger partial charge >= 0.3 is 0 Å². The van der Waals surface area contributed by atoms with E-state index in [1.54, 1.807) is 5.48 Å². The van der Waals surface area contributed by atoms with Crippen molar-refractivity contribution in [3.05, 3.63) is 53.0 Å². The number of nitrogens with zero attached hydrogens (tertiary/aromatic N) is 1. The lowest BCUT2D eigenvalue weighted by Crippen LogP contribution is -2.30. The summed E-state index contributed by atoms with van der Waals surface area (Å²) < 4.78 is 67.7. The maximum Gasteiger partial charge on any atom is 0.277 e. The molecular weight excluding hydrogens is 381 g/mol. The summed E-state index contributed by atoms with van der Waals surface area (Å²) in [5.74, 6) is -9.90. The van der Waals surface area contributed by atoms with Crippen molar-refractivity contribution < 1.29 is 41.8 Å². The number of nitrogens with one attached hydrogen (secondary N) is 2. The molecule has 0 bridgehead atoms. The van der Waals surface area contributed by atoms with Gasteiger partial charge in [-0.05, 0) is 6.07 Å². The summed E-state index contributed by atoms with van der Waals surface area (Å²) in [6.45, 7) is -1.25. The molecule has 0 saturated carbocycles. The first kappa shape index (κ1) is 20.5. The maximum absolute atomic E-state index is 14.1. The van der Waals surface area contributed by atoms with E-state index >= 15 is 0 Å². The molecule has 2 aromatic rings. The van der Waals surface area contributed by atoms with E-state index < -0.39 is 71.4 Å². The summed E-state index contributed by atoms with van der Waals surface area (Å²) in [7, 11) is 0. The first-order valence-corrected chi connectivity index (χ1v) is 7.21. The fourth-order valence-corrected chi connectivity index (χ4v) is 1.83. The van der Waals surface area contributed by atoms with Gasteiger partial charge in [0.2, 0.25) is 0 Å². The molecule has 0 spiro atoms. The molecule has 1 heterocycles. The Hall–Kier alpha value is -2.83. The number of anilines is 2. The Labute approximate surface area is 148 Å². The zero-order chi connectivity index (χ0) is 20.1. The van der Waals surface area contributed by atoms with E-state index in [9.17, 15) is 26.7 Å². The molecule has 12 heteroatoms. The van der Waals surface area contributed by atoms with Gasteiger partial charge in [-0.2, -0.15) is 0 Å². The number of carbonyl (C=O) groups is 1. The fourth-order valence-electron chi connectivity index (χ4n) is 1.83. The second kappa shape index (κ2) is 8.70. The summed E-state index contributed by atoms with van der Waals surface area (Å²) in [5, 5.41) is 19.6. The number of benzene rings is 1. The van der Waals surface area contributed by atoms with Gasteiger partial charge in [0.15, 0.2) is 29.1 Å². The van der Waals surface area contributed by atoms with Gasteiger partial charge in [0, 0.05) is 6.07 Å². The molecule has 0 aliphatic rings. The lowest BCUT2D eigenvalue weighted by molar-refractivity contribution is -0.0295. The van der Waals surface area contributed by atoms with Crippen LogP contribution in [-0.2, 0) is 4.84 Å². The predicted molar refractivity (Wildman–Crippen MR) is 80.3 cm³/mol. The SMILES string of the molecule is O=C(NOC[C@H](O)CO)c1cc(F)c(F)c(F)c1Nc1ncc(F)cc1F. The van der Waals surface area contributed by atoms with Crippen molar-refractivity contribution in [2.75, 3.05) is 18.5 Å². The second-order valence-corrected chi connectivity index (χ2v) is 5.10. The van der Waals surface area contributed by atoms with Crippen molar-refractivity contribution in [3.8, 4) is 0 Å². The second-order valence-electron chi connectivity index (χ2n) is 5.10. The number of aromatic nitrogens is 1. The molecule has 1 aromatic carbocycles. The monoisotopic (exact) mass is 393 g/mol. The van der Waals surface area contributed by atoms with Crippen molar-refractivity contribution in [2.24, 2.45) is 0 Å². The van der Waals surface area contributed by atoms with Crippen LogP contribution in [0.3, 0.4) is 0 Å². The van der Waals surface area contributed by atoms with Crippen LogP contribution < -0.4 is 10.8 Å². The minimum absolute atomic E-state index is 0.309. The molecule has 0 fully saturated rings. The predicted octanol–water partition coefficient (Wildman–Crippen LogP) is 1.54. The Morgan fingerprint density at radius 1 is 1.15 bits per heavy atom. The van der Waals surface area contributed by atoms with Crippen molar-refractivity contribution in [1.82, 2.24) is 10.5 Å². The molecule has 0 radical (unpaired) electrons. The molecule has 0 unspecified atom stereocenters. The van der Waals surface area contributed by atoms with Crippen LogP contribution in [0, 0.1) is 29.1 Å². The molecule has 2 rings (SSSR count). The van der Waals surface area contributed by atoms with Gasteiger partial charge in [0.25, 0.3) is 5.91 Å². The Bertz CT molecular complexity index is 853. The molecule has 0 saturated heterocycles. The van der Waals surface area contributed by atoms with Gasteiger partial charge in [0.05, 0.1) is 24.1 Å². The van der Waals surface area contributed by atoms with Crippen LogP contribution in [0.5, 0.6) is 0 Å². The standard InChI is InChI=1S/C15H12F5N3O4/c16-6-1-10(18)14(21-3-6)22-13-8(2-9(17)11(19)12(13)20)15(26)23-27-5-7(25)4-24/h1-3,7,24-25H,4-5H2,(H,21,22)(H,23,26)/t7-/m1/s1. The number of aliphatic hydroxyl groups excluding tert-OH is 2. The van der Waals surface area contributed by atoms with E-state index in [2.05, 4.69) is 9.82 Å². The molecule has 146 valence electrons. The average molecular weight is 393 g/mol. The smallest absolute Gasteiger partial charge is 0.277 e.